The summed E-state index contributed by atoms with van der Waals surface area (Å²) in [4.78, 5) is 14.8. The number of rotatable bonds is 5. The summed E-state index contributed by atoms with van der Waals surface area (Å²) in [5.41, 5.74) is -1.28. The van der Waals surface area contributed by atoms with E-state index in [9.17, 15) is 44.3 Å². The fourth-order valence-corrected chi connectivity index (χ4v) is 6.82. The van der Waals surface area contributed by atoms with E-state index in [4.69, 9.17) is 4.74 Å². The van der Waals surface area contributed by atoms with Crippen molar-refractivity contribution in [1.29, 1.82) is 0 Å². The second-order valence-corrected chi connectivity index (χ2v) is 12.0. The van der Waals surface area contributed by atoms with Crippen molar-refractivity contribution >= 4 is 5.91 Å². The Bertz CT molecular complexity index is 1590. The molecule has 2 aliphatic rings. The molecule has 0 saturated carbocycles. The number of hydrogen-bond donors (Lipinski definition) is 0. The van der Waals surface area contributed by atoms with Gasteiger partial charge in [0.1, 0.15) is 5.75 Å². The van der Waals surface area contributed by atoms with Gasteiger partial charge in [0, 0.05) is 23.9 Å². The lowest BCUT2D eigenvalue weighted by Crippen LogP contribution is -2.31. The lowest BCUT2D eigenvalue weighted by Gasteiger charge is -2.29. The van der Waals surface area contributed by atoms with Crippen LogP contribution in [0, 0.1) is 6.92 Å². The molecule has 0 spiro atoms. The van der Waals surface area contributed by atoms with Gasteiger partial charge >= 0.3 is 18.5 Å². The van der Waals surface area contributed by atoms with Gasteiger partial charge in [0.25, 0.3) is 0 Å². The number of hydrogen-bond acceptors (Lipinski definition) is 2. The van der Waals surface area contributed by atoms with Crippen molar-refractivity contribution in [2.45, 2.75) is 82.5 Å². The summed E-state index contributed by atoms with van der Waals surface area (Å²) in [6.07, 6.45) is -14.9. The zero-order chi connectivity index (χ0) is 33.2. The van der Waals surface area contributed by atoms with Crippen LogP contribution in [0.2, 0.25) is 0 Å². The Labute approximate surface area is 254 Å². The van der Waals surface area contributed by atoms with E-state index in [-0.39, 0.29) is 42.4 Å². The first-order valence-corrected chi connectivity index (χ1v) is 14.3. The number of nitrogens with zero attached hydrogens (tertiary/aromatic N) is 1. The van der Waals surface area contributed by atoms with Crippen LogP contribution in [0.1, 0.15) is 89.9 Å². The maximum absolute atomic E-state index is 14.0. The number of halogens is 9. The zero-order valence-corrected chi connectivity index (χ0v) is 24.7. The molecule has 2 aliphatic heterocycles. The summed E-state index contributed by atoms with van der Waals surface area (Å²) in [6, 6.07) is 6.45. The fourth-order valence-electron chi connectivity index (χ4n) is 6.82. The van der Waals surface area contributed by atoms with Crippen molar-refractivity contribution in [3.05, 3.63) is 87.5 Å². The van der Waals surface area contributed by atoms with E-state index >= 15 is 0 Å². The number of carbonyl (C=O) groups excluding carboxylic acids is 1. The molecule has 0 aliphatic carbocycles. The molecule has 1 amide bonds. The van der Waals surface area contributed by atoms with Gasteiger partial charge in [-0.05, 0) is 96.0 Å². The van der Waals surface area contributed by atoms with E-state index in [0.29, 0.717) is 29.0 Å². The first kappa shape index (κ1) is 32.7. The molecular weight excluding hydrogens is 613 g/mol. The molecule has 5 rings (SSSR count). The van der Waals surface area contributed by atoms with Crippen LogP contribution in [0.4, 0.5) is 39.5 Å². The van der Waals surface area contributed by atoms with Gasteiger partial charge in [-0.25, -0.2) is 0 Å². The lowest BCUT2D eigenvalue weighted by atomic mass is 9.86. The van der Waals surface area contributed by atoms with Crippen molar-refractivity contribution < 1.29 is 49.0 Å². The van der Waals surface area contributed by atoms with E-state index in [1.165, 1.54) is 18.1 Å². The molecule has 3 aromatic rings. The quantitative estimate of drug-likeness (QED) is 0.259. The largest absolute Gasteiger partial charge is 0.496 e. The highest BCUT2D eigenvalue weighted by Gasteiger charge is 2.50. The fraction of sp³-hybridized carbons (Fsp3) is 0.424. The second kappa shape index (κ2) is 11.3. The molecule has 0 radical (unpaired) electrons. The number of ether oxygens (including phenoxy) is 1. The van der Waals surface area contributed by atoms with E-state index in [2.05, 4.69) is 0 Å². The van der Waals surface area contributed by atoms with Gasteiger partial charge in [0.15, 0.2) is 0 Å². The monoisotopic (exact) mass is 643 g/mol. The van der Waals surface area contributed by atoms with Crippen molar-refractivity contribution in [3.63, 3.8) is 0 Å². The Morgan fingerprint density at radius 1 is 0.778 bits per heavy atom. The van der Waals surface area contributed by atoms with Crippen LogP contribution in [-0.4, -0.2) is 24.0 Å². The van der Waals surface area contributed by atoms with Gasteiger partial charge < -0.3 is 9.64 Å². The Morgan fingerprint density at radius 3 is 1.91 bits per heavy atom. The SMILES string of the molecule is COc1cc(C)c(C(C)C)cc1-c1ccc(C(F)(F)F)cc1[C@@H]1CC[C@H]2[C@@H](c3cc(C(F)(F)F)cc(C(F)(F)F)c3)CC(=O)N12. The highest BCUT2D eigenvalue weighted by Crippen LogP contribution is 2.52. The van der Waals surface area contributed by atoms with Crippen molar-refractivity contribution in [1.82, 2.24) is 4.90 Å². The normalized spacial score (nSPS) is 20.7. The van der Waals surface area contributed by atoms with Crippen LogP contribution >= 0.6 is 0 Å². The average molecular weight is 644 g/mol. The van der Waals surface area contributed by atoms with Crippen LogP contribution in [0.25, 0.3) is 11.1 Å². The van der Waals surface area contributed by atoms with Gasteiger partial charge in [-0.1, -0.05) is 19.9 Å². The highest BCUT2D eigenvalue weighted by atomic mass is 19.4. The molecule has 3 aromatic carbocycles. The van der Waals surface area contributed by atoms with Gasteiger partial charge in [-0.2, -0.15) is 39.5 Å². The molecule has 12 heteroatoms. The second-order valence-electron chi connectivity index (χ2n) is 12.0. The third kappa shape index (κ3) is 6.12. The summed E-state index contributed by atoms with van der Waals surface area (Å²) in [7, 11) is 1.43. The Kier molecular flexibility index (Phi) is 8.19. The maximum Gasteiger partial charge on any atom is 0.416 e. The third-order valence-electron chi connectivity index (χ3n) is 8.85. The van der Waals surface area contributed by atoms with Gasteiger partial charge in [-0.3, -0.25) is 4.79 Å². The number of methoxy groups -OCH3 is 1. The smallest absolute Gasteiger partial charge is 0.416 e. The molecule has 3 nitrogen and oxygen atoms in total. The summed E-state index contributed by atoms with van der Waals surface area (Å²) in [6.45, 7) is 5.82. The molecule has 3 atom stereocenters. The molecular formula is C33H30F9NO2. The molecule has 2 fully saturated rings. The molecule has 0 bridgehead atoms. The number of carbonyl (C=O) groups is 1. The minimum absolute atomic E-state index is 0.0325. The first-order chi connectivity index (χ1) is 20.8. The van der Waals surface area contributed by atoms with Crippen molar-refractivity contribution in [3.8, 4) is 16.9 Å². The van der Waals surface area contributed by atoms with Crippen LogP contribution in [-0.2, 0) is 23.3 Å². The van der Waals surface area contributed by atoms with Crippen molar-refractivity contribution in [2.75, 3.05) is 7.11 Å². The zero-order valence-electron chi connectivity index (χ0n) is 24.7. The molecule has 45 heavy (non-hydrogen) atoms. The van der Waals surface area contributed by atoms with Crippen molar-refractivity contribution in [2.24, 2.45) is 0 Å². The summed E-state index contributed by atoms with van der Waals surface area (Å²) in [5.74, 6) is -1.10. The maximum atomic E-state index is 14.0. The molecule has 0 aromatic heterocycles. The Balaban J connectivity index is 1.64. The van der Waals surface area contributed by atoms with E-state index in [1.54, 1.807) is 6.07 Å². The van der Waals surface area contributed by atoms with E-state index < -0.39 is 59.1 Å². The molecule has 242 valence electrons. The third-order valence-corrected chi connectivity index (χ3v) is 8.85. The summed E-state index contributed by atoms with van der Waals surface area (Å²) < 4.78 is 129. The van der Waals surface area contributed by atoms with E-state index in [0.717, 1.165) is 23.3 Å². The topological polar surface area (TPSA) is 29.5 Å². The standard InChI is InChI=1S/C33H30F9NO2/c1-16(2)23-14-26(29(45-4)9-17(23)3)22-6-5-19(31(34,35)36)13-25(22)28-8-7-27-24(15-30(44)43(27)28)18-10-20(32(37,38)39)12-21(11-18)33(40,41)42/h5-6,9-14,16,24,27-28H,7-8,15H2,1-4H3/t24-,27+,28+/m1/s1. The van der Waals surface area contributed by atoms with Crippen LogP contribution < -0.4 is 4.74 Å². The number of amides is 1. The molecule has 0 unspecified atom stereocenters. The number of alkyl halides is 9. The Hall–Kier alpha value is -3.70. The Morgan fingerprint density at radius 2 is 1.38 bits per heavy atom. The number of fused-ring (bicyclic) bond motifs is 1. The number of aryl methyl sites for hydroxylation is 1. The summed E-state index contributed by atoms with van der Waals surface area (Å²) >= 11 is 0. The predicted octanol–water partition coefficient (Wildman–Crippen LogP) is 10.1. The van der Waals surface area contributed by atoms with Gasteiger partial charge in [0.05, 0.1) is 29.8 Å². The van der Waals surface area contributed by atoms with Gasteiger partial charge in [0.2, 0.25) is 5.91 Å². The lowest BCUT2D eigenvalue weighted by molar-refractivity contribution is -0.143. The molecule has 2 saturated heterocycles. The minimum Gasteiger partial charge on any atom is -0.496 e. The number of benzene rings is 3. The van der Waals surface area contributed by atoms with Crippen LogP contribution in [0.5, 0.6) is 5.75 Å². The molecule has 0 N–H and O–H groups in total. The molecule has 2 heterocycles. The highest BCUT2D eigenvalue weighted by molar-refractivity contribution is 5.83. The van der Waals surface area contributed by atoms with Gasteiger partial charge in [-0.15, -0.1) is 0 Å². The summed E-state index contributed by atoms with van der Waals surface area (Å²) in [5, 5.41) is 0. The van der Waals surface area contributed by atoms with Crippen LogP contribution in [0.3, 0.4) is 0 Å². The first-order valence-electron chi connectivity index (χ1n) is 14.3. The predicted molar refractivity (Wildman–Crippen MR) is 149 cm³/mol. The van der Waals surface area contributed by atoms with E-state index in [1.807, 2.05) is 26.8 Å². The van der Waals surface area contributed by atoms with Crippen LogP contribution in [0.15, 0.2) is 48.5 Å². The average Bonchev–Trinajstić information content (AvgIpc) is 3.52. The minimum atomic E-state index is -5.06.